The Morgan fingerprint density at radius 3 is 2.75 bits per heavy atom. The van der Waals surface area contributed by atoms with Crippen LogP contribution in [-0.2, 0) is 15.5 Å². The molecule has 6 heteroatoms. The van der Waals surface area contributed by atoms with E-state index >= 15 is 0 Å². The molecule has 0 saturated carbocycles. The maximum absolute atomic E-state index is 11.3. The lowest BCUT2D eigenvalue weighted by molar-refractivity contribution is 0.243. The first-order valence-corrected chi connectivity index (χ1v) is 7.05. The largest absolute Gasteiger partial charge is 0.493 e. The molecule has 1 aliphatic rings. The molecule has 0 amide bonds. The fourth-order valence-electron chi connectivity index (χ4n) is 1.76. The van der Waals surface area contributed by atoms with E-state index in [1.54, 1.807) is 0 Å². The Bertz CT molecular complexity index is 524. The van der Waals surface area contributed by atoms with Crippen molar-refractivity contribution in [2.45, 2.75) is 24.3 Å². The van der Waals surface area contributed by atoms with Crippen LogP contribution in [0.4, 0.5) is 0 Å². The molecule has 0 bridgehead atoms. The molecule has 1 atom stereocenters. The molecule has 2 rings (SSSR count). The van der Waals surface area contributed by atoms with Crippen LogP contribution in [0.15, 0.2) is 17.0 Å². The zero-order valence-corrected chi connectivity index (χ0v) is 10.4. The third-order valence-corrected chi connectivity index (χ3v) is 3.77. The lowest BCUT2D eigenvalue weighted by atomic mass is 10.1. The summed E-state index contributed by atoms with van der Waals surface area (Å²) in [6.45, 7) is 1.91. The van der Waals surface area contributed by atoms with Gasteiger partial charge in [-0.1, -0.05) is 0 Å². The topological polar surface area (TPSA) is 52.6 Å². The quantitative estimate of drug-likeness (QED) is 0.765. The Kier molecular flexibility index (Phi) is 2.75. The number of rotatable bonds is 2. The number of benzene rings is 1. The first-order chi connectivity index (χ1) is 7.41. The Morgan fingerprint density at radius 2 is 2.19 bits per heavy atom. The first-order valence-electron chi connectivity index (χ1n) is 4.74. The maximum Gasteiger partial charge on any atom is 0.261 e. The fourth-order valence-corrected chi connectivity index (χ4v) is 2.56. The van der Waals surface area contributed by atoms with Gasteiger partial charge in [-0.25, -0.2) is 8.42 Å². The zero-order valence-electron chi connectivity index (χ0n) is 8.86. The molecule has 16 heavy (non-hydrogen) atoms. The van der Waals surface area contributed by atoms with Gasteiger partial charge >= 0.3 is 0 Å². The molecule has 0 radical (unpaired) electrons. The average molecular weight is 263 g/mol. The third-order valence-electron chi connectivity index (χ3n) is 2.43. The molecule has 0 spiro atoms. The van der Waals surface area contributed by atoms with Crippen molar-refractivity contribution in [1.29, 1.82) is 0 Å². The van der Waals surface area contributed by atoms with Crippen molar-refractivity contribution in [3.05, 3.63) is 17.7 Å². The van der Waals surface area contributed by atoms with Crippen molar-refractivity contribution < 1.29 is 17.9 Å². The van der Waals surface area contributed by atoms with Gasteiger partial charge in [0, 0.05) is 28.7 Å². The normalized spacial score (nSPS) is 19.1. The zero-order chi connectivity index (χ0) is 11.9. The summed E-state index contributed by atoms with van der Waals surface area (Å²) in [5, 5.41) is 0. The van der Waals surface area contributed by atoms with Crippen molar-refractivity contribution >= 4 is 19.7 Å². The van der Waals surface area contributed by atoms with E-state index in [1.807, 2.05) is 6.92 Å². The average Bonchev–Trinajstić information content (AvgIpc) is 2.54. The summed E-state index contributed by atoms with van der Waals surface area (Å²) in [7, 11) is 3.03. The highest BCUT2D eigenvalue weighted by molar-refractivity contribution is 8.13. The van der Waals surface area contributed by atoms with Gasteiger partial charge in [0.25, 0.3) is 9.05 Å². The molecule has 1 unspecified atom stereocenters. The summed E-state index contributed by atoms with van der Waals surface area (Å²) < 4.78 is 33.1. The number of hydrogen-bond donors (Lipinski definition) is 0. The van der Waals surface area contributed by atoms with E-state index in [4.69, 9.17) is 20.2 Å². The maximum atomic E-state index is 11.3. The molecule has 0 fully saturated rings. The molecule has 1 aliphatic heterocycles. The monoisotopic (exact) mass is 262 g/mol. The lowest BCUT2D eigenvalue weighted by Gasteiger charge is -2.09. The highest BCUT2D eigenvalue weighted by Crippen LogP contribution is 2.40. The molecule has 88 valence electrons. The highest BCUT2D eigenvalue weighted by atomic mass is 35.7. The van der Waals surface area contributed by atoms with E-state index in [1.165, 1.54) is 19.2 Å². The molecular weight excluding hydrogens is 252 g/mol. The van der Waals surface area contributed by atoms with Crippen LogP contribution in [-0.4, -0.2) is 21.6 Å². The SMILES string of the molecule is COc1cc(S(=O)(=O)Cl)cc2c1OC(C)C2. The Morgan fingerprint density at radius 1 is 1.50 bits per heavy atom. The van der Waals surface area contributed by atoms with E-state index in [0.717, 1.165) is 5.56 Å². The van der Waals surface area contributed by atoms with Crippen molar-refractivity contribution in [1.82, 2.24) is 0 Å². The van der Waals surface area contributed by atoms with Crippen LogP contribution in [0.2, 0.25) is 0 Å². The summed E-state index contributed by atoms with van der Waals surface area (Å²) in [4.78, 5) is 0.0440. The molecule has 1 heterocycles. The third kappa shape index (κ3) is 1.97. The molecule has 0 aliphatic carbocycles. The van der Waals surface area contributed by atoms with E-state index in [2.05, 4.69) is 0 Å². The number of ether oxygens (including phenoxy) is 2. The van der Waals surface area contributed by atoms with Crippen LogP contribution in [0.5, 0.6) is 11.5 Å². The smallest absolute Gasteiger partial charge is 0.261 e. The van der Waals surface area contributed by atoms with Crippen LogP contribution in [0.3, 0.4) is 0 Å². The Labute approximate surface area is 98.5 Å². The predicted octanol–water partition coefficient (Wildman–Crippen LogP) is 1.95. The van der Waals surface area contributed by atoms with E-state index in [-0.39, 0.29) is 11.0 Å². The number of methoxy groups -OCH3 is 1. The molecule has 0 aromatic heterocycles. The van der Waals surface area contributed by atoms with Gasteiger partial charge in [-0.3, -0.25) is 0 Å². The molecular formula is C10H11ClO4S. The van der Waals surface area contributed by atoms with Crippen molar-refractivity contribution in [3.8, 4) is 11.5 Å². The van der Waals surface area contributed by atoms with Gasteiger partial charge in [-0.2, -0.15) is 0 Å². The minimum atomic E-state index is -3.74. The van der Waals surface area contributed by atoms with Gasteiger partial charge in [0.15, 0.2) is 11.5 Å². The van der Waals surface area contributed by atoms with Gasteiger partial charge in [0.2, 0.25) is 0 Å². The summed E-state index contributed by atoms with van der Waals surface area (Å²) in [6, 6.07) is 2.91. The molecule has 0 N–H and O–H groups in total. The summed E-state index contributed by atoms with van der Waals surface area (Å²) in [6.07, 6.45) is 0.684. The number of fused-ring (bicyclic) bond motifs is 1. The number of halogens is 1. The van der Waals surface area contributed by atoms with Crippen molar-refractivity contribution in [2.75, 3.05) is 7.11 Å². The van der Waals surface area contributed by atoms with E-state index < -0.39 is 9.05 Å². The predicted molar refractivity (Wildman–Crippen MR) is 59.8 cm³/mol. The minimum Gasteiger partial charge on any atom is -0.493 e. The second-order valence-corrected chi connectivity index (χ2v) is 6.25. The Balaban J connectivity index is 2.60. The first kappa shape index (κ1) is 11.5. The standard InChI is InChI=1S/C10H11ClO4S/c1-6-3-7-4-8(16(11,12)13)5-9(14-2)10(7)15-6/h4-6H,3H2,1-2H3. The van der Waals surface area contributed by atoms with Gasteiger partial charge in [-0.15, -0.1) is 0 Å². The van der Waals surface area contributed by atoms with Gasteiger partial charge < -0.3 is 9.47 Å². The molecule has 1 aromatic rings. The van der Waals surface area contributed by atoms with Crippen LogP contribution in [0.25, 0.3) is 0 Å². The molecule has 0 saturated heterocycles. The Hall–Kier alpha value is -0.940. The summed E-state index contributed by atoms with van der Waals surface area (Å²) in [5.41, 5.74) is 0.811. The van der Waals surface area contributed by atoms with Crippen LogP contribution >= 0.6 is 10.7 Å². The molecule has 1 aromatic carbocycles. The van der Waals surface area contributed by atoms with Crippen LogP contribution in [0, 0.1) is 0 Å². The van der Waals surface area contributed by atoms with Gasteiger partial charge in [0.05, 0.1) is 12.0 Å². The number of hydrogen-bond acceptors (Lipinski definition) is 4. The fraction of sp³-hybridized carbons (Fsp3) is 0.400. The van der Waals surface area contributed by atoms with E-state index in [0.29, 0.717) is 17.9 Å². The second-order valence-electron chi connectivity index (χ2n) is 3.68. The van der Waals surface area contributed by atoms with Crippen LogP contribution < -0.4 is 9.47 Å². The highest BCUT2D eigenvalue weighted by Gasteiger charge is 2.26. The van der Waals surface area contributed by atoms with Crippen molar-refractivity contribution in [2.24, 2.45) is 0 Å². The lowest BCUT2D eigenvalue weighted by Crippen LogP contribution is -2.05. The summed E-state index contributed by atoms with van der Waals surface area (Å²) in [5.74, 6) is 1.01. The van der Waals surface area contributed by atoms with Crippen molar-refractivity contribution in [3.63, 3.8) is 0 Å². The summed E-state index contributed by atoms with van der Waals surface area (Å²) >= 11 is 0. The van der Waals surface area contributed by atoms with Gasteiger partial charge in [0.1, 0.15) is 6.10 Å². The second kappa shape index (κ2) is 3.82. The molecule has 4 nitrogen and oxygen atoms in total. The minimum absolute atomic E-state index is 0.0252. The van der Waals surface area contributed by atoms with E-state index in [9.17, 15) is 8.42 Å². The van der Waals surface area contributed by atoms with Crippen LogP contribution in [0.1, 0.15) is 12.5 Å². The van der Waals surface area contributed by atoms with Gasteiger partial charge in [-0.05, 0) is 13.0 Å².